The van der Waals surface area contributed by atoms with Gasteiger partial charge in [-0.3, -0.25) is 0 Å². The van der Waals surface area contributed by atoms with E-state index in [1.807, 2.05) is 0 Å². The van der Waals surface area contributed by atoms with Crippen LogP contribution in [0.5, 0.6) is 0 Å². The van der Waals surface area contributed by atoms with Gasteiger partial charge in [-0.2, -0.15) is 0 Å². The molecule has 134 valence electrons. The minimum Gasteiger partial charge on any atom is -0.475 e. The summed E-state index contributed by atoms with van der Waals surface area (Å²) in [7, 11) is -4.79. The van der Waals surface area contributed by atoms with Gasteiger partial charge in [0.1, 0.15) is 0 Å². The van der Waals surface area contributed by atoms with Gasteiger partial charge in [0.15, 0.2) is 0 Å². The molecule has 0 aromatic rings. The van der Waals surface area contributed by atoms with Crippen molar-refractivity contribution < 1.29 is 32.0 Å². The second-order valence-corrected chi connectivity index (χ2v) is 15.6. The predicted octanol–water partition coefficient (Wildman–Crippen LogP) is 3.31. The fraction of sp³-hybridized carbons (Fsp3) is 0.846. The van der Waals surface area contributed by atoms with Crippen LogP contribution in [0.2, 0.25) is 44.3 Å². The van der Waals surface area contributed by atoms with Crippen molar-refractivity contribution in [2.24, 2.45) is 0 Å². The molecule has 0 radical (unpaired) electrons. The number of alkyl halides is 1. The van der Waals surface area contributed by atoms with Gasteiger partial charge in [0.05, 0.1) is 7.11 Å². The van der Waals surface area contributed by atoms with E-state index in [-0.39, 0.29) is 6.42 Å². The zero-order valence-electron chi connectivity index (χ0n) is 14.5. The lowest BCUT2D eigenvalue weighted by Crippen LogP contribution is -2.46. The van der Waals surface area contributed by atoms with Crippen molar-refractivity contribution in [2.75, 3.05) is 7.11 Å². The molecule has 10 heteroatoms. The Hall–Kier alpha value is -0.771. The third-order valence-corrected chi connectivity index (χ3v) is 9.17. The number of rotatable bonds is 10. The molecule has 0 saturated carbocycles. The molecular formula is C13H26BF3O4Si2. The summed E-state index contributed by atoms with van der Waals surface area (Å²) in [5.74, 6) is -3.37. The normalized spacial score (nSPS) is 14.3. The first-order chi connectivity index (χ1) is 10.4. The number of hydrogen-bond donors (Lipinski definition) is 0. The predicted molar refractivity (Wildman–Crippen MR) is 89.9 cm³/mol. The lowest BCUT2D eigenvalue weighted by molar-refractivity contribution is -0.169. The van der Waals surface area contributed by atoms with Gasteiger partial charge >= 0.3 is 25.1 Å². The minimum atomic E-state index is -3.47. The van der Waals surface area contributed by atoms with Crippen molar-refractivity contribution in [3.8, 4) is 0 Å². The van der Waals surface area contributed by atoms with E-state index in [2.05, 4.69) is 35.6 Å². The number of methoxy groups -OCH3 is 1. The molecule has 4 nitrogen and oxygen atoms in total. The summed E-state index contributed by atoms with van der Waals surface area (Å²) in [6, 6.07) is 3.01. The van der Waals surface area contributed by atoms with Gasteiger partial charge in [-0.1, -0.05) is 50.7 Å². The first-order valence-corrected chi connectivity index (χ1v) is 14.2. The molecule has 0 fully saturated rings. The molecule has 0 saturated heterocycles. The first-order valence-electron chi connectivity index (χ1n) is 7.71. The van der Waals surface area contributed by atoms with E-state index >= 15 is 0 Å². The Bertz CT molecular complexity index is 411. The van der Waals surface area contributed by atoms with E-state index in [4.69, 9.17) is 0 Å². The average Bonchev–Trinajstić information content (AvgIpc) is 2.43. The largest absolute Gasteiger partial charge is 0.798 e. The molecule has 0 aliphatic heterocycles. The Morgan fingerprint density at radius 2 is 1.74 bits per heavy atom. The average molecular weight is 370 g/mol. The van der Waals surface area contributed by atoms with Gasteiger partial charge in [-0.15, -0.1) is 0 Å². The van der Waals surface area contributed by atoms with Crippen LogP contribution in [0.15, 0.2) is 0 Å². The summed E-state index contributed by atoms with van der Waals surface area (Å²) in [5, 5.41) is 0. The second kappa shape index (κ2) is 9.51. The lowest BCUT2D eigenvalue weighted by Gasteiger charge is -2.25. The molecule has 0 rings (SSSR count). The molecule has 23 heavy (non-hydrogen) atoms. The van der Waals surface area contributed by atoms with Gasteiger partial charge in [0.2, 0.25) is 0 Å². The fourth-order valence-corrected chi connectivity index (χ4v) is 9.06. The highest BCUT2D eigenvalue weighted by molar-refractivity contribution is 6.78. The summed E-state index contributed by atoms with van der Waals surface area (Å²) in [4.78, 5) is 23.0. The maximum absolute atomic E-state index is 14.6. The zero-order chi connectivity index (χ0) is 18.3. The lowest BCUT2D eigenvalue weighted by atomic mass is 10.00. The van der Waals surface area contributed by atoms with Crippen LogP contribution >= 0.6 is 0 Å². The summed E-state index contributed by atoms with van der Waals surface area (Å²) in [6.45, 7) is 8.85. The van der Waals surface area contributed by atoms with E-state index in [0.717, 1.165) is 13.2 Å². The van der Waals surface area contributed by atoms with Crippen molar-refractivity contribution in [1.82, 2.24) is 0 Å². The number of carbonyl (C=O) groups excluding carboxylic acids is 2. The van der Waals surface area contributed by atoms with E-state index in [1.54, 1.807) is 0 Å². The van der Waals surface area contributed by atoms with Crippen molar-refractivity contribution >= 4 is 36.3 Å². The molecule has 0 unspecified atom stereocenters. The molecule has 0 aromatic carbocycles. The van der Waals surface area contributed by atoms with Crippen molar-refractivity contribution in [3.05, 3.63) is 0 Å². The first kappa shape index (κ1) is 22.2. The van der Waals surface area contributed by atoms with E-state index in [0.29, 0.717) is 6.04 Å². The van der Waals surface area contributed by atoms with Crippen molar-refractivity contribution in [3.63, 3.8) is 0 Å². The van der Waals surface area contributed by atoms with Crippen LogP contribution in [-0.2, 0) is 19.0 Å². The number of ether oxygens (including phenoxy) is 1. The second-order valence-electron chi connectivity index (χ2n) is 6.91. The highest BCUT2D eigenvalue weighted by atomic mass is 28.3. The van der Waals surface area contributed by atoms with Gasteiger partial charge in [0.25, 0.3) is 0 Å². The van der Waals surface area contributed by atoms with Crippen LogP contribution in [0.3, 0.4) is 0 Å². The maximum Gasteiger partial charge on any atom is 0.798 e. The SMILES string of the molecule is COC(=O)[C@@](F)(CCC[Si](C)(C)CC[SiH](C)C)C(=O)OB(F)F. The van der Waals surface area contributed by atoms with Gasteiger partial charge < -0.3 is 9.39 Å². The minimum absolute atomic E-state index is 0.253. The molecule has 0 bridgehead atoms. The van der Waals surface area contributed by atoms with Crippen molar-refractivity contribution in [1.29, 1.82) is 0 Å². The topological polar surface area (TPSA) is 52.6 Å². The smallest absolute Gasteiger partial charge is 0.475 e. The van der Waals surface area contributed by atoms with Gasteiger partial charge in [-0.05, 0) is 0 Å². The molecule has 0 spiro atoms. The summed E-state index contributed by atoms with van der Waals surface area (Å²) in [6.07, 6.45) is -0.246. The Balaban J connectivity index is 4.74. The fourth-order valence-electron chi connectivity index (χ4n) is 2.24. The highest BCUT2D eigenvalue weighted by Crippen LogP contribution is 2.28. The monoisotopic (exact) mass is 370 g/mol. The molecular weight excluding hydrogens is 344 g/mol. The molecule has 0 aliphatic rings. The van der Waals surface area contributed by atoms with Gasteiger partial charge in [-0.25, -0.2) is 22.6 Å². The number of hydrogen-bond acceptors (Lipinski definition) is 4. The summed E-state index contributed by atoms with van der Waals surface area (Å²) in [5.41, 5.74) is -3.16. The molecule has 1 atom stereocenters. The van der Waals surface area contributed by atoms with Crippen LogP contribution in [0.4, 0.5) is 13.0 Å². The standard InChI is InChI=1S/C13H26BF3O4Si2/c1-20-11(18)13(15,12(19)21-14(16)17)7-6-9-23(4,5)10-8-22(2)3/h22H,6-10H2,1-5H3/t13-/m0/s1. The van der Waals surface area contributed by atoms with Gasteiger partial charge in [0, 0.05) is 23.3 Å². The quantitative estimate of drug-likeness (QED) is 0.336. The van der Waals surface area contributed by atoms with E-state index < -0.39 is 48.4 Å². The zero-order valence-corrected chi connectivity index (χ0v) is 16.6. The van der Waals surface area contributed by atoms with Crippen LogP contribution in [0, 0.1) is 0 Å². The summed E-state index contributed by atoms with van der Waals surface area (Å²) < 4.78 is 46.6. The Morgan fingerprint density at radius 1 is 1.17 bits per heavy atom. The van der Waals surface area contributed by atoms with Crippen LogP contribution in [0.25, 0.3) is 0 Å². The van der Waals surface area contributed by atoms with Crippen LogP contribution < -0.4 is 0 Å². The number of esters is 1. The Labute approximate surface area is 138 Å². The molecule has 0 N–H and O–H groups in total. The Morgan fingerprint density at radius 3 is 2.17 bits per heavy atom. The van der Waals surface area contributed by atoms with Crippen LogP contribution in [0.1, 0.15) is 12.8 Å². The summed E-state index contributed by atoms with van der Waals surface area (Å²) >= 11 is 0. The molecule has 0 heterocycles. The van der Waals surface area contributed by atoms with Crippen LogP contribution in [-0.4, -0.2) is 49.1 Å². The van der Waals surface area contributed by atoms with E-state index in [9.17, 15) is 22.6 Å². The number of carbonyl (C=O) groups is 2. The molecule has 0 amide bonds. The van der Waals surface area contributed by atoms with E-state index in [1.165, 1.54) is 6.04 Å². The Kier molecular flexibility index (Phi) is 9.19. The highest BCUT2D eigenvalue weighted by Gasteiger charge is 2.51. The third-order valence-electron chi connectivity index (χ3n) is 3.80. The van der Waals surface area contributed by atoms with Crippen molar-refractivity contribution in [2.45, 2.75) is 62.8 Å². The third kappa shape index (κ3) is 8.05. The molecule has 0 aliphatic carbocycles. The number of halogens is 3. The molecule has 0 aromatic heterocycles. The maximum atomic E-state index is 14.6.